The summed E-state index contributed by atoms with van der Waals surface area (Å²) in [7, 11) is 0. The summed E-state index contributed by atoms with van der Waals surface area (Å²) in [6.07, 6.45) is 8.06. The smallest absolute Gasteiger partial charge is 0.0593 e. The highest BCUT2D eigenvalue weighted by atomic mass is 16.5. The number of aryl methyl sites for hydroxylation is 1. The molecule has 3 nitrogen and oxygen atoms in total. The third kappa shape index (κ3) is 4.27. The molecular weight excluding hydrogens is 260 g/mol. The van der Waals surface area contributed by atoms with Crippen LogP contribution >= 0.6 is 0 Å². The molecule has 0 radical (unpaired) electrons. The summed E-state index contributed by atoms with van der Waals surface area (Å²) in [5.74, 6) is 0.587. The molecule has 116 valence electrons. The zero-order valence-corrected chi connectivity index (χ0v) is 13.3. The second kappa shape index (κ2) is 7.37. The molecule has 1 aliphatic carbocycles. The second-order valence-corrected chi connectivity index (χ2v) is 6.70. The van der Waals surface area contributed by atoms with Crippen LogP contribution in [0, 0.1) is 12.8 Å². The molecule has 2 aliphatic rings. The van der Waals surface area contributed by atoms with E-state index in [1.54, 1.807) is 0 Å². The first kappa shape index (κ1) is 15.0. The van der Waals surface area contributed by atoms with E-state index < -0.39 is 0 Å². The minimum atomic E-state index is 0.587. The molecule has 1 atom stereocenters. The topological polar surface area (TPSA) is 25.4 Å². The number of hydrogen-bond donors (Lipinski definition) is 0. The molecule has 1 saturated heterocycles. The highest BCUT2D eigenvalue weighted by Gasteiger charge is 2.26. The highest BCUT2D eigenvalue weighted by Crippen LogP contribution is 2.25. The number of ether oxygens (including phenoxy) is 1. The Morgan fingerprint density at radius 1 is 1.24 bits per heavy atom. The Kier molecular flexibility index (Phi) is 5.26. The van der Waals surface area contributed by atoms with Crippen molar-refractivity contribution >= 4 is 0 Å². The maximum atomic E-state index is 5.86. The van der Waals surface area contributed by atoms with Crippen LogP contribution in [0.2, 0.25) is 0 Å². The second-order valence-electron chi connectivity index (χ2n) is 6.70. The normalized spacial score (nSPS) is 25.7. The SMILES string of the molecule is Cc1cccc(C[C@H]2COCCN(C3CCCCC3)C2)n1. The van der Waals surface area contributed by atoms with Crippen molar-refractivity contribution in [1.82, 2.24) is 9.88 Å². The summed E-state index contributed by atoms with van der Waals surface area (Å²) in [5.41, 5.74) is 2.33. The van der Waals surface area contributed by atoms with Crippen molar-refractivity contribution in [3.8, 4) is 0 Å². The first-order chi connectivity index (χ1) is 10.3. The molecule has 0 N–H and O–H groups in total. The average Bonchev–Trinajstić information content (AvgIpc) is 2.74. The lowest BCUT2D eigenvalue weighted by atomic mass is 9.93. The Labute approximate surface area is 128 Å². The molecule has 3 heteroatoms. The Morgan fingerprint density at radius 2 is 2.10 bits per heavy atom. The number of nitrogens with zero attached hydrogens (tertiary/aromatic N) is 2. The molecule has 1 aromatic heterocycles. The maximum absolute atomic E-state index is 5.86. The summed E-state index contributed by atoms with van der Waals surface area (Å²) in [6.45, 7) is 6.15. The molecule has 1 saturated carbocycles. The lowest BCUT2D eigenvalue weighted by Crippen LogP contribution is -2.40. The quantitative estimate of drug-likeness (QED) is 0.854. The molecule has 3 rings (SSSR count). The summed E-state index contributed by atoms with van der Waals surface area (Å²) in [6, 6.07) is 7.15. The zero-order chi connectivity index (χ0) is 14.5. The van der Waals surface area contributed by atoms with Gasteiger partial charge >= 0.3 is 0 Å². The van der Waals surface area contributed by atoms with Crippen molar-refractivity contribution in [2.24, 2.45) is 5.92 Å². The van der Waals surface area contributed by atoms with Gasteiger partial charge in [0.1, 0.15) is 0 Å². The minimum Gasteiger partial charge on any atom is -0.380 e. The Hall–Kier alpha value is -0.930. The third-order valence-electron chi connectivity index (χ3n) is 4.90. The van der Waals surface area contributed by atoms with Gasteiger partial charge in [0.05, 0.1) is 13.2 Å². The van der Waals surface area contributed by atoms with Gasteiger partial charge in [0.2, 0.25) is 0 Å². The van der Waals surface area contributed by atoms with Crippen LogP contribution in [0.5, 0.6) is 0 Å². The largest absolute Gasteiger partial charge is 0.380 e. The highest BCUT2D eigenvalue weighted by molar-refractivity contribution is 5.10. The first-order valence-electron chi connectivity index (χ1n) is 8.55. The zero-order valence-electron chi connectivity index (χ0n) is 13.3. The number of hydrogen-bond acceptors (Lipinski definition) is 3. The van der Waals surface area contributed by atoms with Crippen LogP contribution in [0.25, 0.3) is 0 Å². The molecule has 1 aliphatic heterocycles. The van der Waals surface area contributed by atoms with Gasteiger partial charge in [-0.15, -0.1) is 0 Å². The third-order valence-corrected chi connectivity index (χ3v) is 4.90. The van der Waals surface area contributed by atoms with Gasteiger partial charge in [-0.25, -0.2) is 0 Å². The van der Waals surface area contributed by atoms with Gasteiger partial charge < -0.3 is 4.74 Å². The van der Waals surface area contributed by atoms with Crippen molar-refractivity contribution in [2.75, 3.05) is 26.3 Å². The molecule has 0 unspecified atom stereocenters. The molecule has 0 bridgehead atoms. The van der Waals surface area contributed by atoms with E-state index in [0.29, 0.717) is 5.92 Å². The molecule has 0 amide bonds. The minimum absolute atomic E-state index is 0.587. The van der Waals surface area contributed by atoms with E-state index in [4.69, 9.17) is 4.74 Å². The van der Waals surface area contributed by atoms with Crippen LogP contribution in [0.4, 0.5) is 0 Å². The Balaban J connectivity index is 1.61. The molecule has 1 aromatic rings. The van der Waals surface area contributed by atoms with Crippen molar-refractivity contribution in [3.63, 3.8) is 0 Å². The van der Waals surface area contributed by atoms with Crippen molar-refractivity contribution in [1.29, 1.82) is 0 Å². The van der Waals surface area contributed by atoms with Crippen molar-refractivity contribution in [2.45, 2.75) is 51.5 Å². The molecule has 0 spiro atoms. The monoisotopic (exact) mass is 288 g/mol. The summed E-state index contributed by atoms with van der Waals surface area (Å²) < 4.78 is 5.86. The molecule has 2 heterocycles. The van der Waals surface area contributed by atoms with Gasteiger partial charge in [-0.05, 0) is 38.3 Å². The van der Waals surface area contributed by atoms with Gasteiger partial charge in [0.25, 0.3) is 0 Å². The summed E-state index contributed by atoms with van der Waals surface area (Å²) >= 11 is 0. The van der Waals surface area contributed by atoms with E-state index in [-0.39, 0.29) is 0 Å². The summed E-state index contributed by atoms with van der Waals surface area (Å²) in [4.78, 5) is 7.36. The predicted octanol–water partition coefficient (Wildman–Crippen LogP) is 3.21. The molecule has 21 heavy (non-hydrogen) atoms. The van der Waals surface area contributed by atoms with Crippen molar-refractivity contribution in [3.05, 3.63) is 29.6 Å². The Morgan fingerprint density at radius 3 is 2.90 bits per heavy atom. The van der Waals surface area contributed by atoms with Gasteiger partial charge in [0.15, 0.2) is 0 Å². The fourth-order valence-electron chi connectivity index (χ4n) is 3.82. The lowest BCUT2D eigenvalue weighted by molar-refractivity contribution is 0.116. The average molecular weight is 288 g/mol. The fourth-order valence-corrected chi connectivity index (χ4v) is 3.82. The van der Waals surface area contributed by atoms with Crippen LogP contribution < -0.4 is 0 Å². The van der Waals surface area contributed by atoms with Gasteiger partial charge in [-0.3, -0.25) is 9.88 Å². The standard InChI is InChI=1S/C18H28N2O/c1-15-6-5-7-17(19-15)12-16-13-20(10-11-21-14-16)18-8-3-2-4-9-18/h5-7,16,18H,2-4,8-14H2,1H3/t16-/m1/s1. The van der Waals surface area contributed by atoms with E-state index in [1.807, 2.05) is 0 Å². The number of aromatic nitrogens is 1. The van der Waals surface area contributed by atoms with E-state index in [0.717, 1.165) is 37.9 Å². The van der Waals surface area contributed by atoms with Crippen LogP contribution in [0.15, 0.2) is 18.2 Å². The van der Waals surface area contributed by atoms with Gasteiger partial charge in [-0.2, -0.15) is 0 Å². The maximum Gasteiger partial charge on any atom is 0.0593 e. The predicted molar refractivity (Wildman–Crippen MR) is 85.4 cm³/mol. The van der Waals surface area contributed by atoms with Crippen molar-refractivity contribution < 1.29 is 4.74 Å². The van der Waals surface area contributed by atoms with E-state index >= 15 is 0 Å². The van der Waals surface area contributed by atoms with Crippen LogP contribution in [0.3, 0.4) is 0 Å². The van der Waals surface area contributed by atoms with E-state index in [9.17, 15) is 0 Å². The van der Waals surface area contributed by atoms with Crippen LogP contribution in [-0.4, -0.2) is 42.2 Å². The lowest BCUT2D eigenvalue weighted by Gasteiger charge is -2.34. The van der Waals surface area contributed by atoms with E-state index in [2.05, 4.69) is 35.0 Å². The number of rotatable bonds is 3. The molecular formula is C18H28N2O. The van der Waals surface area contributed by atoms with Crippen LogP contribution in [-0.2, 0) is 11.2 Å². The first-order valence-corrected chi connectivity index (χ1v) is 8.55. The van der Waals surface area contributed by atoms with Crippen LogP contribution in [0.1, 0.15) is 43.5 Å². The molecule has 0 aromatic carbocycles. The number of pyridine rings is 1. The fraction of sp³-hybridized carbons (Fsp3) is 0.722. The van der Waals surface area contributed by atoms with E-state index in [1.165, 1.54) is 44.3 Å². The van der Waals surface area contributed by atoms with Gasteiger partial charge in [-0.1, -0.05) is 25.3 Å². The molecule has 2 fully saturated rings. The summed E-state index contributed by atoms with van der Waals surface area (Å²) in [5, 5.41) is 0. The Bertz CT molecular complexity index is 443. The van der Waals surface area contributed by atoms with Gasteiger partial charge in [0, 0.05) is 36.4 Å².